The van der Waals surface area contributed by atoms with Gasteiger partial charge in [-0.05, 0) is 23.6 Å². The summed E-state index contributed by atoms with van der Waals surface area (Å²) in [5.74, 6) is -0.0545. The molecule has 0 aliphatic carbocycles. The molecule has 6 heteroatoms. The summed E-state index contributed by atoms with van der Waals surface area (Å²) in [4.78, 5) is 25.5. The number of rotatable bonds is 7. The Balaban J connectivity index is 0.00000441. The van der Waals surface area contributed by atoms with Crippen molar-refractivity contribution in [2.75, 3.05) is 20.2 Å². The minimum atomic E-state index is -0.310. The molecule has 1 aromatic rings. The number of methoxy groups -OCH3 is 1. The number of carbonyl (C=O) groups is 2. The first kappa shape index (κ1) is 20.4. The number of hydrogen-bond acceptors (Lipinski definition) is 4. The van der Waals surface area contributed by atoms with Crippen molar-refractivity contribution >= 4 is 24.3 Å². The summed E-state index contributed by atoms with van der Waals surface area (Å²) < 4.78 is 4.63. The highest BCUT2D eigenvalue weighted by molar-refractivity contribution is 5.94. The minimum absolute atomic E-state index is 0. The van der Waals surface area contributed by atoms with Crippen LogP contribution in [0.2, 0.25) is 0 Å². The highest BCUT2D eigenvalue weighted by Crippen LogP contribution is 2.10. The summed E-state index contributed by atoms with van der Waals surface area (Å²) in [5.41, 5.74) is 7.14. The topological polar surface area (TPSA) is 72.6 Å². The van der Waals surface area contributed by atoms with Crippen molar-refractivity contribution in [2.45, 2.75) is 26.8 Å². The van der Waals surface area contributed by atoms with Gasteiger partial charge >= 0.3 is 5.97 Å². The van der Waals surface area contributed by atoms with Gasteiger partial charge in [0.25, 0.3) is 5.91 Å². The zero-order valence-electron chi connectivity index (χ0n) is 13.4. The van der Waals surface area contributed by atoms with Crippen LogP contribution in [0.1, 0.15) is 36.2 Å². The highest BCUT2D eigenvalue weighted by atomic mass is 35.5. The van der Waals surface area contributed by atoms with Crippen molar-refractivity contribution in [3.63, 3.8) is 0 Å². The molecule has 0 aliphatic rings. The lowest BCUT2D eigenvalue weighted by Crippen LogP contribution is -2.36. The van der Waals surface area contributed by atoms with Crippen LogP contribution in [-0.4, -0.2) is 37.0 Å². The van der Waals surface area contributed by atoms with Crippen molar-refractivity contribution in [3.05, 3.63) is 35.4 Å². The molecule has 0 saturated heterocycles. The van der Waals surface area contributed by atoms with E-state index >= 15 is 0 Å². The average molecular weight is 329 g/mol. The van der Waals surface area contributed by atoms with Crippen LogP contribution < -0.4 is 5.73 Å². The fraction of sp³-hybridized carbons (Fsp3) is 0.500. The molecule has 0 aliphatic heterocycles. The molecule has 1 rings (SSSR count). The Labute approximate surface area is 138 Å². The first-order valence-electron chi connectivity index (χ1n) is 7.13. The molecular formula is C16H25ClN2O3. The number of nitrogens with zero attached hydrogens (tertiary/aromatic N) is 1. The number of halogens is 1. The molecule has 1 amide bonds. The summed E-state index contributed by atoms with van der Waals surface area (Å²) in [5, 5.41) is 0. The first-order chi connectivity index (χ1) is 9.97. The number of carbonyl (C=O) groups excluding carboxylic acids is 2. The molecule has 0 fully saturated rings. The lowest BCUT2D eigenvalue weighted by Gasteiger charge is -2.24. The SMILES string of the molecule is COC(=O)CCN(CC(C)C)C(=O)c1ccc(CN)cc1.Cl. The van der Waals surface area contributed by atoms with Crippen molar-refractivity contribution in [3.8, 4) is 0 Å². The van der Waals surface area contributed by atoms with E-state index in [1.807, 2.05) is 26.0 Å². The normalized spacial score (nSPS) is 10.0. The van der Waals surface area contributed by atoms with Crippen molar-refractivity contribution in [1.29, 1.82) is 0 Å². The molecule has 0 atom stereocenters. The van der Waals surface area contributed by atoms with Crippen molar-refractivity contribution in [1.82, 2.24) is 4.90 Å². The van der Waals surface area contributed by atoms with E-state index in [4.69, 9.17) is 5.73 Å². The average Bonchev–Trinajstić information content (AvgIpc) is 2.50. The molecule has 0 radical (unpaired) electrons. The van der Waals surface area contributed by atoms with Gasteiger partial charge in [0.1, 0.15) is 0 Å². The standard InChI is InChI=1S/C16H24N2O3.ClH/c1-12(2)11-18(9-8-15(19)21-3)16(20)14-6-4-13(10-17)5-7-14;/h4-7,12H,8-11,17H2,1-3H3;1H. The van der Waals surface area contributed by atoms with E-state index < -0.39 is 0 Å². The molecule has 0 heterocycles. The quantitative estimate of drug-likeness (QED) is 0.779. The van der Waals surface area contributed by atoms with Gasteiger partial charge in [-0.1, -0.05) is 26.0 Å². The molecule has 5 nitrogen and oxygen atoms in total. The van der Waals surface area contributed by atoms with E-state index in [9.17, 15) is 9.59 Å². The Kier molecular flexibility index (Phi) is 9.45. The predicted octanol–water partition coefficient (Wildman–Crippen LogP) is 2.23. The van der Waals surface area contributed by atoms with Gasteiger partial charge in [0.2, 0.25) is 0 Å². The van der Waals surface area contributed by atoms with Crippen LogP contribution in [0.3, 0.4) is 0 Å². The predicted molar refractivity (Wildman–Crippen MR) is 89.0 cm³/mol. The summed E-state index contributed by atoms with van der Waals surface area (Å²) in [7, 11) is 1.35. The fourth-order valence-corrected chi connectivity index (χ4v) is 2.01. The second-order valence-electron chi connectivity index (χ2n) is 5.37. The van der Waals surface area contributed by atoms with Crippen LogP contribution in [0.4, 0.5) is 0 Å². The van der Waals surface area contributed by atoms with Gasteiger partial charge in [-0.2, -0.15) is 0 Å². The number of amides is 1. The molecule has 0 bridgehead atoms. The molecule has 2 N–H and O–H groups in total. The fourth-order valence-electron chi connectivity index (χ4n) is 2.01. The maximum Gasteiger partial charge on any atom is 0.307 e. The highest BCUT2D eigenvalue weighted by Gasteiger charge is 2.18. The second-order valence-corrected chi connectivity index (χ2v) is 5.37. The van der Waals surface area contributed by atoms with Crippen molar-refractivity contribution < 1.29 is 14.3 Å². The van der Waals surface area contributed by atoms with Gasteiger partial charge in [0.05, 0.1) is 13.5 Å². The van der Waals surface area contributed by atoms with E-state index in [-0.39, 0.29) is 30.7 Å². The number of esters is 1. The number of benzene rings is 1. The Bertz CT molecular complexity index is 475. The second kappa shape index (κ2) is 10.2. The molecule has 0 unspecified atom stereocenters. The Morgan fingerprint density at radius 2 is 1.82 bits per heavy atom. The van der Waals surface area contributed by atoms with Gasteiger partial charge < -0.3 is 15.4 Å². The zero-order chi connectivity index (χ0) is 15.8. The van der Waals surface area contributed by atoms with Crippen molar-refractivity contribution in [2.24, 2.45) is 11.7 Å². The lowest BCUT2D eigenvalue weighted by atomic mass is 10.1. The van der Waals surface area contributed by atoms with E-state index in [2.05, 4.69) is 4.74 Å². The van der Waals surface area contributed by atoms with Gasteiger partial charge in [-0.15, -0.1) is 12.4 Å². The van der Waals surface area contributed by atoms with Crippen LogP contribution in [0, 0.1) is 5.92 Å². The third-order valence-electron chi connectivity index (χ3n) is 3.12. The van der Waals surface area contributed by atoms with E-state index in [0.29, 0.717) is 31.1 Å². The summed E-state index contributed by atoms with van der Waals surface area (Å²) in [6.45, 7) is 5.50. The van der Waals surface area contributed by atoms with Gasteiger partial charge in [-0.3, -0.25) is 9.59 Å². The van der Waals surface area contributed by atoms with E-state index in [1.165, 1.54) is 7.11 Å². The molecule has 0 saturated carbocycles. The van der Waals surface area contributed by atoms with E-state index in [0.717, 1.165) is 5.56 Å². The molecule has 1 aromatic carbocycles. The largest absolute Gasteiger partial charge is 0.469 e. The zero-order valence-corrected chi connectivity index (χ0v) is 14.2. The van der Waals surface area contributed by atoms with Crippen LogP contribution in [0.15, 0.2) is 24.3 Å². The maximum atomic E-state index is 12.5. The Hall–Kier alpha value is -1.59. The number of hydrogen-bond donors (Lipinski definition) is 1. The molecule has 22 heavy (non-hydrogen) atoms. The monoisotopic (exact) mass is 328 g/mol. The summed E-state index contributed by atoms with van der Waals surface area (Å²) in [6, 6.07) is 7.24. The lowest BCUT2D eigenvalue weighted by molar-refractivity contribution is -0.140. The van der Waals surface area contributed by atoms with Gasteiger partial charge in [-0.25, -0.2) is 0 Å². The summed E-state index contributed by atoms with van der Waals surface area (Å²) >= 11 is 0. The van der Waals surface area contributed by atoms with Gasteiger partial charge in [0.15, 0.2) is 0 Å². The minimum Gasteiger partial charge on any atom is -0.469 e. The Morgan fingerprint density at radius 1 is 1.23 bits per heavy atom. The smallest absolute Gasteiger partial charge is 0.307 e. The molecule has 0 spiro atoms. The maximum absolute atomic E-state index is 12.5. The summed E-state index contributed by atoms with van der Waals surface area (Å²) in [6.07, 6.45) is 0.204. The first-order valence-corrected chi connectivity index (χ1v) is 7.13. The molecular weight excluding hydrogens is 304 g/mol. The van der Waals surface area contributed by atoms with Crippen LogP contribution >= 0.6 is 12.4 Å². The third-order valence-corrected chi connectivity index (χ3v) is 3.12. The van der Waals surface area contributed by atoms with Crippen LogP contribution in [0.5, 0.6) is 0 Å². The third kappa shape index (κ3) is 6.45. The van der Waals surface area contributed by atoms with Crippen LogP contribution in [0.25, 0.3) is 0 Å². The van der Waals surface area contributed by atoms with E-state index in [1.54, 1.807) is 17.0 Å². The van der Waals surface area contributed by atoms with Crippen LogP contribution in [-0.2, 0) is 16.1 Å². The molecule has 0 aromatic heterocycles. The number of ether oxygens (including phenoxy) is 1. The number of nitrogens with two attached hydrogens (primary N) is 1. The van der Waals surface area contributed by atoms with Gasteiger partial charge in [0, 0.05) is 25.2 Å². The Morgan fingerprint density at radius 3 is 2.27 bits per heavy atom. The molecule has 124 valence electrons.